The number of hydrogen-bond acceptors (Lipinski definition) is 2. The summed E-state index contributed by atoms with van der Waals surface area (Å²) in [4.78, 5) is 18.1. The van der Waals surface area contributed by atoms with E-state index in [0.29, 0.717) is 11.3 Å². The van der Waals surface area contributed by atoms with Gasteiger partial charge in [0.15, 0.2) is 0 Å². The van der Waals surface area contributed by atoms with Crippen LogP contribution in [-0.2, 0) is 0 Å². The summed E-state index contributed by atoms with van der Waals surface area (Å²) in [5.74, 6) is -0.0234. The van der Waals surface area contributed by atoms with E-state index in [1.807, 2.05) is 45.0 Å². The fraction of sp³-hybridized carbons (Fsp3) is 0.111. The highest BCUT2D eigenvalue weighted by Crippen LogP contribution is 2.38. The lowest BCUT2D eigenvalue weighted by Gasteiger charge is -2.16. The Kier molecular flexibility index (Phi) is 3.95. The summed E-state index contributed by atoms with van der Waals surface area (Å²) in [5, 5.41) is 7.04. The lowest BCUT2D eigenvalue weighted by molar-refractivity contribution is 0.103. The zero-order chi connectivity index (χ0) is 20.1. The second-order valence-corrected chi connectivity index (χ2v) is 7.71. The van der Waals surface area contributed by atoms with Gasteiger partial charge >= 0.3 is 0 Å². The van der Waals surface area contributed by atoms with Crippen LogP contribution in [0.1, 0.15) is 32.9 Å². The van der Waals surface area contributed by atoms with E-state index in [1.54, 1.807) is 0 Å². The minimum atomic E-state index is -0.0234. The summed E-state index contributed by atoms with van der Waals surface area (Å²) in [7, 11) is 0. The quantitative estimate of drug-likeness (QED) is 0.254. The number of rotatable bonds is 2. The van der Waals surface area contributed by atoms with Gasteiger partial charge in [0.05, 0.1) is 0 Å². The molecule has 4 aromatic carbocycles. The van der Waals surface area contributed by atoms with Crippen molar-refractivity contribution in [2.45, 2.75) is 20.8 Å². The van der Waals surface area contributed by atoms with Gasteiger partial charge in [-0.15, -0.1) is 0 Å². The Balaban J connectivity index is 1.92. The van der Waals surface area contributed by atoms with E-state index in [2.05, 4.69) is 48.5 Å². The molecule has 0 saturated heterocycles. The maximum atomic E-state index is 13.3. The third-order valence-electron chi connectivity index (χ3n) is 5.83. The molecule has 0 aliphatic heterocycles. The normalized spacial score (nSPS) is 11.4. The molecule has 0 spiro atoms. The Bertz CT molecular complexity index is 1430. The lowest BCUT2D eigenvalue weighted by atomic mass is 9.90. The molecule has 0 saturated carbocycles. The van der Waals surface area contributed by atoms with Crippen LogP contribution in [0.4, 0.5) is 0 Å². The van der Waals surface area contributed by atoms with Gasteiger partial charge in [-0.05, 0) is 53.3 Å². The van der Waals surface area contributed by atoms with Gasteiger partial charge in [0.1, 0.15) is 5.69 Å². The number of fused-ring (bicyclic) bond motifs is 6. The largest absolute Gasteiger partial charge is 0.287 e. The molecule has 0 fully saturated rings. The first kappa shape index (κ1) is 17.6. The molecule has 29 heavy (non-hydrogen) atoms. The minimum absolute atomic E-state index is 0.0234. The second-order valence-electron chi connectivity index (χ2n) is 7.71. The van der Waals surface area contributed by atoms with Gasteiger partial charge < -0.3 is 0 Å². The number of nitrogens with zero attached hydrogens (tertiary/aromatic N) is 1. The van der Waals surface area contributed by atoms with Crippen molar-refractivity contribution in [2.24, 2.45) is 0 Å². The second kappa shape index (κ2) is 6.52. The van der Waals surface area contributed by atoms with Crippen LogP contribution in [0.15, 0.2) is 72.8 Å². The molecule has 5 aromatic rings. The highest BCUT2D eigenvalue weighted by Gasteiger charge is 2.20. The van der Waals surface area contributed by atoms with E-state index < -0.39 is 0 Å². The Hall–Kier alpha value is -3.52. The van der Waals surface area contributed by atoms with Crippen LogP contribution in [-0.4, -0.2) is 10.8 Å². The number of aryl methyl sites for hydroxylation is 3. The summed E-state index contributed by atoms with van der Waals surface area (Å²) in [5.41, 5.74) is 4.19. The number of pyridine rings is 1. The molecule has 5 rings (SSSR count). The van der Waals surface area contributed by atoms with Crippen molar-refractivity contribution < 1.29 is 4.79 Å². The Morgan fingerprint density at radius 1 is 0.655 bits per heavy atom. The standard InChI is InChI=1S/C27H21NO/c1-16-12-14-19(15-13-16)27(29)26-17(2)24-22-10-6-4-8-20(22)21-9-5-7-11-23(21)25(24)18(3)28-26/h4-15H,1-3H3. The van der Waals surface area contributed by atoms with E-state index in [1.165, 1.54) is 21.5 Å². The number of carbonyl (C=O) groups excluding carboxylic acids is 1. The molecule has 0 bridgehead atoms. The highest BCUT2D eigenvalue weighted by molar-refractivity contribution is 6.27. The molecule has 1 heterocycles. The fourth-order valence-corrected chi connectivity index (χ4v) is 4.40. The van der Waals surface area contributed by atoms with Crippen LogP contribution in [0.2, 0.25) is 0 Å². The van der Waals surface area contributed by atoms with Crippen LogP contribution in [0, 0.1) is 20.8 Å². The van der Waals surface area contributed by atoms with Gasteiger partial charge in [-0.1, -0.05) is 78.4 Å². The van der Waals surface area contributed by atoms with Crippen LogP contribution >= 0.6 is 0 Å². The van der Waals surface area contributed by atoms with Crippen molar-refractivity contribution in [3.05, 3.63) is 101 Å². The molecular weight excluding hydrogens is 354 g/mol. The van der Waals surface area contributed by atoms with Gasteiger partial charge in [-0.2, -0.15) is 0 Å². The molecule has 2 heteroatoms. The molecule has 140 valence electrons. The van der Waals surface area contributed by atoms with Crippen molar-refractivity contribution >= 4 is 38.1 Å². The maximum Gasteiger partial charge on any atom is 0.211 e. The van der Waals surface area contributed by atoms with Crippen LogP contribution < -0.4 is 0 Å². The minimum Gasteiger partial charge on any atom is -0.287 e. The maximum absolute atomic E-state index is 13.3. The predicted molar refractivity (Wildman–Crippen MR) is 121 cm³/mol. The Morgan fingerprint density at radius 3 is 1.76 bits per heavy atom. The lowest BCUT2D eigenvalue weighted by Crippen LogP contribution is -2.09. The van der Waals surface area contributed by atoms with Crippen molar-refractivity contribution in [1.29, 1.82) is 0 Å². The number of carbonyl (C=O) groups is 1. The predicted octanol–water partition coefficient (Wildman–Crippen LogP) is 6.70. The first-order valence-electron chi connectivity index (χ1n) is 9.88. The van der Waals surface area contributed by atoms with Gasteiger partial charge in [0.25, 0.3) is 0 Å². The summed E-state index contributed by atoms with van der Waals surface area (Å²) < 4.78 is 0. The van der Waals surface area contributed by atoms with Crippen LogP contribution in [0.3, 0.4) is 0 Å². The monoisotopic (exact) mass is 375 g/mol. The molecule has 0 aliphatic carbocycles. The Morgan fingerprint density at radius 2 is 1.17 bits per heavy atom. The number of benzene rings is 4. The zero-order valence-electron chi connectivity index (χ0n) is 16.8. The third-order valence-corrected chi connectivity index (χ3v) is 5.83. The first-order valence-corrected chi connectivity index (χ1v) is 9.88. The summed E-state index contributed by atoms with van der Waals surface area (Å²) in [6, 6.07) is 24.6. The fourth-order valence-electron chi connectivity index (χ4n) is 4.40. The average molecular weight is 375 g/mol. The van der Waals surface area contributed by atoms with Gasteiger partial charge in [0.2, 0.25) is 5.78 Å². The topological polar surface area (TPSA) is 30.0 Å². The average Bonchev–Trinajstić information content (AvgIpc) is 2.75. The van der Waals surface area contributed by atoms with E-state index in [-0.39, 0.29) is 5.78 Å². The molecular formula is C27H21NO. The van der Waals surface area contributed by atoms with Crippen molar-refractivity contribution in [2.75, 3.05) is 0 Å². The van der Waals surface area contributed by atoms with Crippen molar-refractivity contribution in [3.63, 3.8) is 0 Å². The molecule has 2 nitrogen and oxygen atoms in total. The van der Waals surface area contributed by atoms with Gasteiger partial charge in [-0.3, -0.25) is 4.79 Å². The number of aromatic nitrogens is 1. The first-order chi connectivity index (χ1) is 14.1. The molecule has 0 radical (unpaired) electrons. The number of ketones is 1. The van der Waals surface area contributed by atoms with E-state index >= 15 is 0 Å². The summed E-state index contributed by atoms with van der Waals surface area (Å²) in [6.07, 6.45) is 0. The molecule has 0 unspecified atom stereocenters. The molecule has 1 aromatic heterocycles. The third kappa shape index (κ3) is 2.64. The van der Waals surface area contributed by atoms with Gasteiger partial charge in [-0.25, -0.2) is 4.98 Å². The molecule has 0 amide bonds. The molecule has 0 N–H and O–H groups in total. The van der Waals surface area contributed by atoms with Gasteiger partial charge in [0, 0.05) is 16.6 Å². The summed E-state index contributed by atoms with van der Waals surface area (Å²) >= 11 is 0. The van der Waals surface area contributed by atoms with E-state index in [4.69, 9.17) is 4.98 Å². The van der Waals surface area contributed by atoms with E-state index in [0.717, 1.165) is 27.6 Å². The zero-order valence-corrected chi connectivity index (χ0v) is 16.8. The SMILES string of the molecule is Cc1ccc(C(=O)c2nc(C)c3c4ccccc4c4ccccc4c3c2C)cc1. The smallest absolute Gasteiger partial charge is 0.211 e. The highest BCUT2D eigenvalue weighted by atomic mass is 16.1. The van der Waals surface area contributed by atoms with Crippen molar-refractivity contribution in [3.8, 4) is 0 Å². The Labute approximate surface area is 169 Å². The van der Waals surface area contributed by atoms with Crippen LogP contribution in [0.25, 0.3) is 32.3 Å². The molecule has 0 atom stereocenters. The molecule has 0 aliphatic rings. The summed E-state index contributed by atoms with van der Waals surface area (Å²) in [6.45, 7) is 6.06. The van der Waals surface area contributed by atoms with Crippen LogP contribution in [0.5, 0.6) is 0 Å². The number of hydrogen-bond donors (Lipinski definition) is 0. The van der Waals surface area contributed by atoms with E-state index in [9.17, 15) is 4.79 Å². The van der Waals surface area contributed by atoms with Crippen molar-refractivity contribution in [1.82, 2.24) is 4.98 Å².